The second kappa shape index (κ2) is 63.5. The number of imidazole rings is 2. The molecule has 33 nitrogen and oxygen atoms in total. The van der Waals surface area contributed by atoms with Crippen LogP contribution in [0.3, 0.4) is 0 Å². The molecule has 47 heteroatoms. The molecule has 3 aromatic heterocycles. The number of nitrogens with two attached hydrogens (primary N) is 3. The number of esters is 4. The van der Waals surface area contributed by atoms with Gasteiger partial charge in [0.05, 0.1) is 84.7 Å². The minimum atomic E-state index is -1.02. The number of hydrogen-bond acceptors (Lipinski definition) is 27. The quantitative estimate of drug-likeness (QED) is 0.00341. The van der Waals surface area contributed by atoms with Crippen molar-refractivity contribution in [2.24, 2.45) is 32.7 Å². The molecule has 0 unspecified atom stereocenters. The van der Waals surface area contributed by atoms with Gasteiger partial charge in [-0.25, -0.2) is 81.0 Å². The van der Waals surface area contributed by atoms with E-state index >= 15 is 0 Å². The molecule has 0 atom stereocenters. The molecule has 13 rings (SSSR count). The number of hydrogen-bond donors (Lipinski definition) is 8. The first kappa shape index (κ1) is 118. The van der Waals surface area contributed by atoms with Crippen molar-refractivity contribution in [2.75, 3.05) is 52.9 Å². The molecule has 0 bridgehead atoms. The number of aromatic carboxylic acids is 1. The van der Waals surface area contributed by atoms with Crippen LogP contribution in [0.5, 0.6) is 5.75 Å². The van der Waals surface area contributed by atoms with E-state index in [2.05, 4.69) is 183 Å². The molecule has 0 radical (unpaired) electrons. The van der Waals surface area contributed by atoms with E-state index in [4.69, 9.17) is 51.6 Å². The van der Waals surface area contributed by atoms with E-state index in [-0.39, 0.29) is 170 Å². The number of carbonyl (C=O) groups excluding carboxylic acids is 5. The van der Waals surface area contributed by atoms with Gasteiger partial charge in [0.1, 0.15) is 96.0 Å². The third kappa shape index (κ3) is 41.0. The Labute approximate surface area is 846 Å². The zero-order valence-electron chi connectivity index (χ0n) is 68.6. The number of terminal acetylenes is 1. The minimum absolute atomic E-state index is 0. The molecule has 10 aromatic rings. The van der Waals surface area contributed by atoms with Crippen LogP contribution in [0.4, 0.5) is 31.1 Å². The number of rotatable bonds is 17. The van der Waals surface area contributed by atoms with Crippen molar-refractivity contribution in [3.63, 3.8) is 0 Å². The van der Waals surface area contributed by atoms with Gasteiger partial charge < -0.3 is 89.7 Å². The third-order valence-electron chi connectivity index (χ3n) is 15.1. The number of ether oxygens (including phenoxy) is 7. The van der Waals surface area contributed by atoms with Gasteiger partial charge in [-0.3, -0.25) is 4.79 Å². The number of cyclic esters (lactones) is 2. The normalized spacial score (nSPS) is 11.4. The Hall–Kier alpha value is -10.6. The number of allylic oxidation sites excluding steroid dienone is 1. The predicted molar refractivity (Wildman–Crippen MR) is 489 cm³/mol. The second-order valence-corrected chi connectivity index (χ2v) is 30.1. The van der Waals surface area contributed by atoms with Gasteiger partial charge in [-0.05, 0) is 161 Å². The summed E-state index contributed by atoms with van der Waals surface area (Å²) < 4.78 is 121. The number of H-pyrrole nitrogens is 1. The van der Waals surface area contributed by atoms with E-state index in [0.717, 1.165) is 22.4 Å². The van der Waals surface area contributed by atoms with Crippen molar-refractivity contribution in [1.29, 1.82) is 5.26 Å². The maximum absolute atomic E-state index is 14.1. The summed E-state index contributed by atoms with van der Waals surface area (Å²) in [6, 6.07) is 35.4. The van der Waals surface area contributed by atoms with Gasteiger partial charge in [-0.15, -0.1) is 6.42 Å². The number of aliphatic imine (C=N–C) groups is 1. The number of aliphatic hydroxyl groups is 1. The number of benzene rings is 7. The molecule has 3 aliphatic rings. The van der Waals surface area contributed by atoms with Gasteiger partial charge in [-0.2, -0.15) is 5.26 Å². The molecule has 1 fully saturated rings. The zero-order valence-corrected chi connectivity index (χ0v) is 82.8. The number of amidine groups is 2. The SMILES string of the molecule is C.C#CC(=O)OCC.CCOC(=O)C1=CCC(c2ccc(Br)cc2F)=N1.CCOC(=O)C=CON=C(N)c1ccc(Br)cc1F.CCOC(=O)c1cn(CCO)c(-c2ccc(Br)cc2F)n1.N#Cc1ccc(Br)cc1F.NC(=NO)c1ccc(Br)cc1F.NO.O=C(O)c1cn2c(n1)-c1ccc(Br)cc1OCC2.O=C1OCCO1.O=c1ccnc(-c2ccc(Br)cc2F)[nH]1.[K+].[OH-]. The Kier molecular flexibility index (Phi) is 57.4. The van der Waals surface area contributed by atoms with E-state index in [0.29, 0.717) is 95.7 Å². The fraction of sp³-hybridized carbons (Fsp3) is 0.190. The predicted octanol–water partition coefficient (Wildman–Crippen LogP) is 14.2. The number of carboxylic acids is 1. The monoisotopic (exact) mass is 2290 g/mol. The molecule has 692 valence electrons. The molecule has 3 aliphatic heterocycles. The van der Waals surface area contributed by atoms with Crippen LogP contribution in [0, 0.1) is 58.6 Å². The summed E-state index contributed by atoms with van der Waals surface area (Å²) in [6.07, 6.45) is 12.5. The van der Waals surface area contributed by atoms with Gasteiger partial charge in [-0.1, -0.05) is 129 Å². The number of carboxylic acid groups (broad SMARTS) is 1. The number of nitrogens with one attached hydrogen (secondary N) is 1. The summed E-state index contributed by atoms with van der Waals surface area (Å²) in [5.74, 6) is 0.747. The van der Waals surface area contributed by atoms with Gasteiger partial charge >= 0.3 is 87.4 Å². The first-order valence-corrected chi connectivity index (χ1v) is 41.9. The van der Waals surface area contributed by atoms with Gasteiger partial charge in [0.15, 0.2) is 23.1 Å². The summed E-state index contributed by atoms with van der Waals surface area (Å²) in [7, 11) is 0. The van der Waals surface area contributed by atoms with E-state index in [1.165, 1.54) is 83.8 Å². The Balaban J connectivity index is 0.000000747. The summed E-state index contributed by atoms with van der Waals surface area (Å²) >= 11 is 22.2. The number of aliphatic hydroxyl groups excluding tert-OH is 1. The van der Waals surface area contributed by atoms with Crippen molar-refractivity contribution in [3.05, 3.63) is 286 Å². The summed E-state index contributed by atoms with van der Waals surface area (Å²) in [5.41, 5.74) is 13.4. The summed E-state index contributed by atoms with van der Waals surface area (Å²) in [4.78, 5) is 99.2. The van der Waals surface area contributed by atoms with Crippen molar-refractivity contribution >= 4 is 165 Å². The average molecular weight is 2300 g/mol. The Morgan fingerprint density at radius 3 is 1.56 bits per heavy atom. The van der Waals surface area contributed by atoms with Crippen LogP contribution >= 0.6 is 112 Å². The number of nitrogens with zero attached hydrogens (tertiary/aromatic N) is 9. The van der Waals surface area contributed by atoms with Crippen LogP contribution in [0.2, 0.25) is 0 Å². The molecule has 0 aliphatic carbocycles. The zero-order chi connectivity index (χ0) is 95.1. The van der Waals surface area contributed by atoms with Gasteiger partial charge in [0, 0.05) is 80.4 Å². The van der Waals surface area contributed by atoms with Crippen LogP contribution in [-0.2, 0) is 60.7 Å². The molecule has 1 saturated heterocycles. The number of aromatic nitrogens is 6. The van der Waals surface area contributed by atoms with Crippen molar-refractivity contribution in [1.82, 2.24) is 29.1 Å². The molecule has 6 heterocycles. The number of halogens is 13. The fourth-order valence-corrected chi connectivity index (χ4v) is 11.9. The largest absolute Gasteiger partial charge is 1.00 e. The standard InChI is InChI=1S/C14H14BrFN2O3.C13H11BrFNO2.C12H12BrFN2O3.C12H9BrN2O3.C10H6BrFN2O.C7H6BrFN2O.C7H3BrFN.C5H6O2.C3H4O3.CH4.K.H3NO.H2O/c1-2-21-14(20)12-8-18(5-6-19)13(17-12)10-4-3-9(15)7-11(10)16;1-2-18-13(17)12-6-5-11(16-12)9-4-3-8(14)7-10(9)15;1-2-18-11(17)5-6-19-16-12(15)9-4-3-8(13)7-10(9)14;13-7-1-2-8-10(5-7)18-4-3-15-6-9(12(16)17)14-11(8)15;11-6-1-2-7(8(12)5-6)10-13-4-3-9(15)14-10;8-4-1-2-5(6(9)3-4)7(10)11-12;8-6-2-1-5(4-10)7(9)3-6;1-3-5(6)7-4-2;4-3-5-1-2-6-3;;;1-2;/h3-4,7-8,19H,2,5-6H2,1H3;3-4,6-7H,2,5H2,1H3;3-7H,2H2,1H3,(H2,15,16);1-2,5-6H,3-4H2,(H,16,17);1-5H,(H,13,14,15);1-3,12H,(H2,10,11);1-3H;1H,4H2,2H3;1-2H2;1H4;;2H,1H2;1H2/q;;;;;;;;;;+1;;/p-1. The first-order valence-electron chi connectivity index (χ1n) is 36.3. The van der Waals surface area contributed by atoms with E-state index in [1.807, 2.05) is 22.8 Å². The summed E-state index contributed by atoms with van der Waals surface area (Å²) in [6.45, 7) is 9.91. The van der Waals surface area contributed by atoms with Crippen molar-refractivity contribution in [3.8, 4) is 58.3 Å². The Morgan fingerprint density at radius 2 is 1.09 bits per heavy atom. The maximum atomic E-state index is 14.1. The van der Waals surface area contributed by atoms with Gasteiger partial charge in [0.2, 0.25) is 0 Å². The first-order chi connectivity index (χ1) is 61.1. The molecule has 131 heavy (non-hydrogen) atoms. The van der Waals surface area contributed by atoms with Crippen LogP contribution in [0.1, 0.15) is 84.8 Å². The molecule has 7 aromatic carbocycles. The number of aromatic amines is 1. The molecule has 0 amide bonds. The smallest absolute Gasteiger partial charge is 0.870 e. The van der Waals surface area contributed by atoms with Crippen molar-refractivity contribution < 1.29 is 171 Å². The van der Waals surface area contributed by atoms with E-state index < -0.39 is 65.1 Å². The molecule has 12 N–H and O–H groups in total. The van der Waals surface area contributed by atoms with Gasteiger partial charge in [0.25, 0.3) is 5.56 Å². The second-order valence-electron chi connectivity index (χ2n) is 23.7. The molecular weight excluding hydrogens is 2220 g/mol. The maximum Gasteiger partial charge on any atom is 1.00 e. The molecule has 0 spiro atoms. The number of fused-ring (bicyclic) bond motifs is 3. The summed E-state index contributed by atoms with van der Waals surface area (Å²) in [5, 5.41) is 47.3. The van der Waals surface area contributed by atoms with Crippen LogP contribution in [0.15, 0.2) is 228 Å². The van der Waals surface area contributed by atoms with Crippen LogP contribution in [-0.4, -0.2) is 161 Å². The fourth-order valence-electron chi connectivity index (χ4n) is 9.59. The number of oxime groups is 2. The average Bonchev–Trinajstić information content (AvgIpc) is 1.26. The van der Waals surface area contributed by atoms with Crippen LogP contribution < -0.4 is 79.0 Å². The minimum Gasteiger partial charge on any atom is -0.870 e. The molecule has 0 saturated carbocycles. The third-order valence-corrected chi connectivity index (χ3v) is 18.5. The topological polar surface area (TPSA) is 508 Å². The number of nitriles is 1. The molecular formula is C84H79Br7F6KN13O20. The Morgan fingerprint density at radius 1 is 0.611 bits per heavy atom. The van der Waals surface area contributed by atoms with E-state index in [9.17, 15) is 59.9 Å². The van der Waals surface area contributed by atoms with Crippen LogP contribution in [0.25, 0.3) is 34.2 Å². The Bertz CT molecular complexity index is 5820. The van der Waals surface area contributed by atoms with Crippen molar-refractivity contribution in [2.45, 2.75) is 54.6 Å². The van der Waals surface area contributed by atoms with E-state index in [1.54, 1.807) is 100 Å². The number of carbonyl (C=O) groups is 6.